The van der Waals surface area contributed by atoms with Crippen LogP contribution >= 0.6 is 0 Å². The van der Waals surface area contributed by atoms with Gasteiger partial charge in [-0.2, -0.15) is 0 Å². The monoisotopic (exact) mass is 496 g/mol. The first-order valence-electron chi connectivity index (χ1n) is 13.4. The number of furan rings is 1. The van der Waals surface area contributed by atoms with Crippen LogP contribution in [0.2, 0.25) is 0 Å². The summed E-state index contributed by atoms with van der Waals surface area (Å²) >= 11 is 0. The van der Waals surface area contributed by atoms with E-state index in [-0.39, 0.29) is 0 Å². The number of fused-ring (bicyclic) bond motifs is 5. The van der Waals surface area contributed by atoms with Crippen LogP contribution in [0, 0.1) is 0 Å². The lowest BCUT2D eigenvalue weighted by Crippen LogP contribution is -1.91. The Morgan fingerprint density at radius 3 is 1.56 bits per heavy atom. The van der Waals surface area contributed by atoms with Crippen molar-refractivity contribution in [3.63, 3.8) is 0 Å². The number of hydrogen-bond donors (Lipinski definition) is 0. The summed E-state index contributed by atoms with van der Waals surface area (Å²) in [5, 5.41) is 7.31. The van der Waals surface area contributed by atoms with Gasteiger partial charge in [0.05, 0.1) is 0 Å². The average molecular weight is 497 g/mol. The quantitative estimate of drug-likeness (QED) is 0.222. The third-order valence-electron chi connectivity index (χ3n) is 7.86. The molecule has 0 saturated carbocycles. The van der Waals surface area contributed by atoms with Crippen molar-refractivity contribution < 1.29 is 4.42 Å². The predicted octanol–water partition coefficient (Wildman–Crippen LogP) is 10.9. The second-order valence-electron chi connectivity index (χ2n) is 10.1. The number of hydrogen-bond acceptors (Lipinski definition) is 1. The Kier molecular flexibility index (Phi) is 4.89. The van der Waals surface area contributed by atoms with Crippen LogP contribution in [-0.4, -0.2) is 0 Å². The molecule has 8 rings (SSSR count). The van der Waals surface area contributed by atoms with E-state index < -0.39 is 0 Å². The van der Waals surface area contributed by atoms with Gasteiger partial charge in [-0.3, -0.25) is 0 Å². The van der Waals surface area contributed by atoms with Gasteiger partial charge in [0.25, 0.3) is 0 Å². The van der Waals surface area contributed by atoms with Gasteiger partial charge in [-0.15, -0.1) is 0 Å². The largest absolute Gasteiger partial charge is 0.455 e. The summed E-state index contributed by atoms with van der Waals surface area (Å²) in [5.41, 5.74) is 9.10. The molecule has 0 unspecified atom stereocenters. The van der Waals surface area contributed by atoms with Crippen LogP contribution in [0.25, 0.3) is 76.9 Å². The lowest BCUT2D eigenvalue weighted by Gasteiger charge is -2.18. The highest BCUT2D eigenvalue weighted by Crippen LogP contribution is 2.45. The first kappa shape index (κ1) is 21.9. The van der Waals surface area contributed by atoms with Crippen LogP contribution in [0.4, 0.5) is 0 Å². The Morgan fingerprint density at radius 1 is 0.333 bits per heavy atom. The van der Waals surface area contributed by atoms with E-state index in [2.05, 4.69) is 133 Å². The highest BCUT2D eigenvalue weighted by Gasteiger charge is 2.18. The van der Waals surface area contributed by atoms with Crippen molar-refractivity contribution in [2.75, 3.05) is 0 Å². The smallest absolute Gasteiger partial charge is 0.143 e. The third kappa shape index (κ3) is 3.41. The van der Waals surface area contributed by atoms with Crippen LogP contribution in [0.3, 0.4) is 0 Å². The maximum atomic E-state index is 6.43. The Balaban J connectivity index is 1.51. The van der Waals surface area contributed by atoms with Crippen molar-refractivity contribution in [2.45, 2.75) is 0 Å². The van der Waals surface area contributed by atoms with Crippen LogP contribution in [0.15, 0.2) is 150 Å². The van der Waals surface area contributed by atoms with Crippen LogP contribution in [0.1, 0.15) is 0 Å². The fraction of sp³-hybridized carbons (Fsp3) is 0. The summed E-state index contributed by atoms with van der Waals surface area (Å²) in [7, 11) is 0. The molecule has 0 bridgehead atoms. The molecule has 0 aliphatic carbocycles. The molecule has 1 heterocycles. The van der Waals surface area contributed by atoms with Gasteiger partial charge in [0.15, 0.2) is 0 Å². The molecule has 8 aromatic rings. The van der Waals surface area contributed by atoms with Gasteiger partial charge in [-0.05, 0) is 61.5 Å². The Morgan fingerprint density at radius 2 is 0.872 bits per heavy atom. The van der Waals surface area contributed by atoms with Gasteiger partial charge in [0.2, 0.25) is 0 Å². The highest BCUT2D eigenvalue weighted by atomic mass is 16.3. The summed E-state index contributed by atoms with van der Waals surface area (Å²) < 4.78 is 6.43. The summed E-state index contributed by atoms with van der Waals surface area (Å²) in [6.07, 6.45) is 0. The van der Waals surface area contributed by atoms with E-state index in [0.29, 0.717) is 0 Å². The van der Waals surface area contributed by atoms with Crippen molar-refractivity contribution >= 4 is 43.5 Å². The normalized spacial score (nSPS) is 11.6. The number of para-hydroxylation sites is 2. The molecule has 0 fully saturated rings. The molecule has 0 atom stereocenters. The maximum absolute atomic E-state index is 6.43. The summed E-state index contributed by atoms with van der Waals surface area (Å²) in [4.78, 5) is 0. The molecule has 0 aliphatic rings. The molecule has 0 N–H and O–H groups in total. The van der Waals surface area contributed by atoms with E-state index in [1.54, 1.807) is 0 Å². The van der Waals surface area contributed by atoms with Crippen molar-refractivity contribution in [2.24, 2.45) is 0 Å². The van der Waals surface area contributed by atoms with Crippen molar-refractivity contribution in [3.05, 3.63) is 146 Å². The second kappa shape index (κ2) is 8.72. The van der Waals surface area contributed by atoms with Crippen LogP contribution in [-0.2, 0) is 0 Å². The maximum Gasteiger partial charge on any atom is 0.143 e. The second-order valence-corrected chi connectivity index (χ2v) is 10.1. The molecule has 0 saturated heterocycles. The van der Waals surface area contributed by atoms with Crippen LogP contribution in [0.5, 0.6) is 0 Å². The Hall–Kier alpha value is -5.14. The van der Waals surface area contributed by atoms with E-state index in [1.807, 2.05) is 12.1 Å². The highest BCUT2D eigenvalue weighted by molar-refractivity contribution is 6.22. The molecule has 0 amide bonds. The predicted molar refractivity (Wildman–Crippen MR) is 165 cm³/mol. The molecule has 0 radical (unpaired) electrons. The van der Waals surface area contributed by atoms with Crippen molar-refractivity contribution in [1.82, 2.24) is 0 Å². The van der Waals surface area contributed by atoms with E-state index in [9.17, 15) is 0 Å². The van der Waals surface area contributed by atoms with Gasteiger partial charge in [-0.25, -0.2) is 0 Å². The molecule has 1 aromatic heterocycles. The minimum Gasteiger partial charge on any atom is -0.455 e. The van der Waals surface area contributed by atoms with E-state index in [4.69, 9.17) is 4.42 Å². The molecule has 7 aromatic carbocycles. The zero-order chi connectivity index (χ0) is 25.8. The first-order chi connectivity index (χ1) is 19.4. The number of benzene rings is 7. The lowest BCUT2D eigenvalue weighted by molar-refractivity contribution is 0.670. The van der Waals surface area contributed by atoms with E-state index in [1.165, 1.54) is 43.8 Å². The van der Waals surface area contributed by atoms with E-state index in [0.717, 1.165) is 33.1 Å². The molecular weight excluding hydrogens is 472 g/mol. The Labute approximate surface area is 226 Å². The van der Waals surface area contributed by atoms with Gasteiger partial charge >= 0.3 is 0 Å². The summed E-state index contributed by atoms with van der Waals surface area (Å²) in [6, 6.07) is 52.0. The van der Waals surface area contributed by atoms with Gasteiger partial charge < -0.3 is 4.42 Å². The first-order valence-corrected chi connectivity index (χ1v) is 13.4. The zero-order valence-electron chi connectivity index (χ0n) is 21.3. The molecule has 1 nitrogen and oxygen atoms in total. The lowest BCUT2D eigenvalue weighted by atomic mass is 9.85. The number of rotatable bonds is 3. The summed E-state index contributed by atoms with van der Waals surface area (Å²) in [6.45, 7) is 0. The topological polar surface area (TPSA) is 13.1 Å². The fourth-order valence-electron chi connectivity index (χ4n) is 6.15. The molecule has 0 spiro atoms. The molecule has 182 valence electrons. The minimum atomic E-state index is 0.920. The van der Waals surface area contributed by atoms with Crippen molar-refractivity contribution in [3.8, 4) is 33.4 Å². The van der Waals surface area contributed by atoms with Gasteiger partial charge in [0.1, 0.15) is 11.2 Å². The third-order valence-corrected chi connectivity index (χ3v) is 7.86. The zero-order valence-corrected chi connectivity index (χ0v) is 21.3. The van der Waals surface area contributed by atoms with Gasteiger partial charge in [-0.1, -0.05) is 133 Å². The summed E-state index contributed by atoms with van der Waals surface area (Å²) in [5.74, 6) is 0. The molecule has 1 heteroatoms. The SMILES string of the molecule is c1ccc(-c2c3ccccc3c(-c3ccccc3)c3cc(-c4cccc5c4oc4ccccc45)ccc23)cc1. The molecule has 39 heavy (non-hydrogen) atoms. The fourth-order valence-corrected chi connectivity index (χ4v) is 6.15. The van der Waals surface area contributed by atoms with Crippen LogP contribution < -0.4 is 0 Å². The average Bonchev–Trinajstić information content (AvgIpc) is 3.39. The molecular formula is C38H24O. The van der Waals surface area contributed by atoms with E-state index >= 15 is 0 Å². The molecule has 0 aliphatic heterocycles. The van der Waals surface area contributed by atoms with Gasteiger partial charge in [0, 0.05) is 16.3 Å². The standard InChI is InChI=1S/C38H24O/c1-3-12-25(13-4-1)36-30-17-7-8-18-31(30)37(26-14-5-2-6-15-26)34-24-27(22-23-32(34)36)28-19-11-20-33-29-16-9-10-21-35(29)39-38(28)33/h1-24H. The van der Waals surface area contributed by atoms with Crippen molar-refractivity contribution in [1.29, 1.82) is 0 Å². The Bertz CT molecular complexity index is 2150. The minimum absolute atomic E-state index is 0.920.